The molecule has 7 heteroatoms. The monoisotopic (exact) mass is 396 g/mol. The molecule has 0 spiro atoms. The maximum atomic E-state index is 12.2. The van der Waals surface area contributed by atoms with Crippen molar-refractivity contribution in [2.24, 2.45) is 0 Å². The van der Waals surface area contributed by atoms with Gasteiger partial charge in [0, 0.05) is 22.3 Å². The molecule has 2 aromatic carbocycles. The molecule has 0 heterocycles. The van der Waals surface area contributed by atoms with Crippen molar-refractivity contribution in [3.05, 3.63) is 58.6 Å². The first-order valence-corrected chi connectivity index (χ1v) is 9.36. The van der Waals surface area contributed by atoms with E-state index in [1.807, 2.05) is 19.1 Å². The van der Waals surface area contributed by atoms with Crippen molar-refractivity contribution < 1.29 is 13.2 Å². The number of nitrogens with one attached hydrogen (secondary N) is 2. The van der Waals surface area contributed by atoms with E-state index in [1.54, 1.807) is 12.1 Å². The molecule has 2 rings (SSSR count). The van der Waals surface area contributed by atoms with Crippen molar-refractivity contribution in [1.82, 2.24) is 4.72 Å². The SMILES string of the molecule is CCCNS(=O)(=O)c1ccc(C(=O)Nc2cccc(Br)c2)cc1. The van der Waals surface area contributed by atoms with Crippen LogP contribution in [-0.4, -0.2) is 20.9 Å². The highest BCUT2D eigenvalue weighted by atomic mass is 79.9. The standard InChI is InChI=1S/C16H17BrN2O3S/c1-2-10-18-23(21,22)15-8-6-12(7-9-15)16(20)19-14-5-3-4-13(17)11-14/h3-9,11,18H,2,10H2,1H3,(H,19,20). The summed E-state index contributed by atoms with van der Waals surface area (Å²) in [4.78, 5) is 12.3. The van der Waals surface area contributed by atoms with Crippen LogP contribution in [0.25, 0.3) is 0 Å². The summed E-state index contributed by atoms with van der Waals surface area (Å²) in [5.41, 5.74) is 1.05. The maximum absolute atomic E-state index is 12.2. The molecule has 0 aromatic heterocycles. The zero-order chi connectivity index (χ0) is 16.9. The molecule has 0 aliphatic rings. The van der Waals surface area contributed by atoms with Crippen molar-refractivity contribution in [2.45, 2.75) is 18.2 Å². The van der Waals surface area contributed by atoms with Crippen molar-refractivity contribution >= 4 is 37.5 Å². The Kier molecular flexibility index (Phi) is 5.92. The zero-order valence-electron chi connectivity index (χ0n) is 12.5. The second-order valence-electron chi connectivity index (χ2n) is 4.89. The lowest BCUT2D eigenvalue weighted by Crippen LogP contribution is -2.24. The molecular formula is C16H17BrN2O3S. The first-order chi connectivity index (χ1) is 10.9. The number of halogens is 1. The van der Waals surface area contributed by atoms with Gasteiger partial charge in [0.15, 0.2) is 0 Å². The predicted molar refractivity (Wildman–Crippen MR) is 94.0 cm³/mol. The number of anilines is 1. The number of hydrogen-bond acceptors (Lipinski definition) is 3. The Hall–Kier alpha value is -1.70. The number of hydrogen-bond donors (Lipinski definition) is 2. The van der Waals surface area contributed by atoms with Gasteiger partial charge in [-0.1, -0.05) is 28.9 Å². The lowest BCUT2D eigenvalue weighted by atomic mass is 10.2. The molecule has 0 radical (unpaired) electrons. The normalized spacial score (nSPS) is 11.2. The first-order valence-electron chi connectivity index (χ1n) is 7.09. The highest BCUT2D eigenvalue weighted by Gasteiger charge is 2.14. The van der Waals surface area contributed by atoms with E-state index in [4.69, 9.17) is 0 Å². The smallest absolute Gasteiger partial charge is 0.255 e. The van der Waals surface area contributed by atoms with Gasteiger partial charge < -0.3 is 5.32 Å². The average Bonchev–Trinajstić information content (AvgIpc) is 2.53. The number of carbonyl (C=O) groups is 1. The Bertz CT molecular complexity index is 789. The molecule has 122 valence electrons. The lowest BCUT2D eigenvalue weighted by Gasteiger charge is -2.08. The van der Waals surface area contributed by atoms with Crippen LogP contribution in [0.15, 0.2) is 57.9 Å². The molecule has 23 heavy (non-hydrogen) atoms. The largest absolute Gasteiger partial charge is 0.322 e. The number of sulfonamides is 1. The highest BCUT2D eigenvalue weighted by molar-refractivity contribution is 9.10. The fourth-order valence-electron chi connectivity index (χ4n) is 1.87. The summed E-state index contributed by atoms with van der Waals surface area (Å²) < 4.78 is 27.3. The Labute approximate surface area is 144 Å². The van der Waals surface area contributed by atoms with Crippen molar-refractivity contribution in [1.29, 1.82) is 0 Å². The van der Waals surface area contributed by atoms with Crippen LogP contribution in [-0.2, 0) is 10.0 Å². The van der Waals surface area contributed by atoms with Crippen molar-refractivity contribution in [2.75, 3.05) is 11.9 Å². The van der Waals surface area contributed by atoms with Crippen LogP contribution in [0.5, 0.6) is 0 Å². The highest BCUT2D eigenvalue weighted by Crippen LogP contribution is 2.17. The van der Waals surface area contributed by atoms with Gasteiger partial charge in [0.2, 0.25) is 10.0 Å². The van der Waals surface area contributed by atoms with E-state index in [0.717, 1.165) is 4.47 Å². The lowest BCUT2D eigenvalue weighted by molar-refractivity contribution is 0.102. The minimum absolute atomic E-state index is 0.143. The number of benzene rings is 2. The third-order valence-corrected chi connectivity index (χ3v) is 5.02. The van der Waals surface area contributed by atoms with Gasteiger partial charge in [-0.25, -0.2) is 13.1 Å². The van der Waals surface area contributed by atoms with Crippen LogP contribution in [0.3, 0.4) is 0 Å². The molecule has 2 N–H and O–H groups in total. The first kappa shape index (κ1) is 17.7. The van der Waals surface area contributed by atoms with E-state index in [1.165, 1.54) is 24.3 Å². The summed E-state index contributed by atoms with van der Waals surface area (Å²) in [6, 6.07) is 13.1. The Morgan fingerprint density at radius 3 is 2.43 bits per heavy atom. The molecule has 5 nitrogen and oxygen atoms in total. The average molecular weight is 397 g/mol. The topological polar surface area (TPSA) is 75.3 Å². The van der Waals surface area contributed by atoms with Crippen LogP contribution in [0.2, 0.25) is 0 Å². The maximum Gasteiger partial charge on any atom is 0.255 e. The third kappa shape index (κ3) is 4.89. The van der Waals surface area contributed by atoms with E-state index < -0.39 is 10.0 Å². The van der Waals surface area contributed by atoms with E-state index >= 15 is 0 Å². The van der Waals surface area contributed by atoms with Gasteiger partial charge in [-0.15, -0.1) is 0 Å². The van der Waals surface area contributed by atoms with Crippen molar-refractivity contribution in [3.8, 4) is 0 Å². The Morgan fingerprint density at radius 1 is 1.13 bits per heavy atom. The summed E-state index contributed by atoms with van der Waals surface area (Å²) in [5.74, 6) is -0.298. The van der Waals surface area contributed by atoms with E-state index in [9.17, 15) is 13.2 Å². The van der Waals surface area contributed by atoms with Crippen LogP contribution in [0, 0.1) is 0 Å². The molecule has 0 fully saturated rings. The molecule has 0 bridgehead atoms. The zero-order valence-corrected chi connectivity index (χ0v) is 14.9. The van der Waals surface area contributed by atoms with Crippen LogP contribution < -0.4 is 10.0 Å². The minimum Gasteiger partial charge on any atom is -0.322 e. The molecule has 2 aromatic rings. The van der Waals surface area contributed by atoms with E-state index in [0.29, 0.717) is 24.2 Å². The fourth-order valence-corrected chi connectivity index (χ4v) is 3.41. The van der Waals surface area contributed by atoms with Gasteiger partial charge in [0.1, 0.15) is 0 Å². The summed E-state index contributed by atoms with van der Waals surface area (Å²) in [6.07, 6.45) is 0.715. The molecule has 0 saturated heterocycles. The molecule has 0 aliphatic heterocycles. The predicted octanol–water partition coefficient (Wildman–Crippen LogP) is 3.39. The summed E-state index contributed by atoms with van der Waals surface area (Å²) in [5, 5.41) is 2.76. The summed E-state index contributed by atoms with van der Waals surface area (Å²) in [7, 11) is -3.52. The van der Waals surface area contributed by atoms with Gasteiger partial charge in [0.05, 0.1) is 4.90 Å². The number of carbonyl (C=O) groups excluding carboxylic acids is 1. The minimum atomic E-state index is -3.52. The van der Waals surface area contributed by atoms with Crippen LogP contribution >= 0.6 is 15.9 Å². The summed E-state index contributed by atoms with van der Waals surface area (Å²) >= 11 is 3.34. The van der Waals surface area contributed by atoms with E-state index in [-0.39, 0.29) is 10.8 Å². The molecule has 0 saturated carbocycles. The molecule has 1 amide bonds. The van der Waals surface area contributed by atoms with Gasteiger partial charge >= 0.3 is 0 Å². The molecular weight excluding hydrogens is 380 g/mol. The Morgan fingerprint density at radius 2 is 1.83 bits per heavy atom. The quantitative estimate of drug-likeness (QED) is 0.785. The van der Waals surface area contributed by atoms with Gasteiger partial charge in [-0.3, -0.25) is 4.79 Å². The van der Waals surface area contributed by atoms with Gasteiger partial charge in [-0.05, 0) is 48.9 Å². The van der Waals surface area contributed by atoms with Gasteiger partial charge in [-0.2, -0.15) is 0 Å². The van der Waals surface area contributed by atoms with Crippen LogP contribution in [0.1, 0.15) is 23.7 Å². The second kappa shape index (κ2) is 7.72. The van der Waals surface area contributed by atoms with Gasteiger partial charge in [0.25, 0.3) is 5.91 Å². The van der Waals surface area contributed by atoms with Crippen molar-refractivity contribution in [3.63, 3.8) is 0 Å². The summed E-state index contributed by atoms with van der Waals surface area (Å²) in [6.45, 7) is 2.27. The molecule has 0 atom stereocenters. The van der Waals surface area contributed by atoms with Crippen LogP contribution in [0.4, 0.5) is 5.69 Å². The Balaban J connectivity index is 2.11. The van der Waals surface area contributed by atoms with E-state index in [2.05, 4.69) is 26.0 Å². The number of amides is 1. The fraction of sp³-hybridized carbons (Fsp3) is 0.188. The third-order valence-electron chi connectivity index (χ3n) is 3.05. The number of rotatable bonds is 6. The molecule has 0 unspecified atom stereocenters. The molecule has 0 aliphatic carbocycles. The second-order valence-corrected chi connectivity index (χ2v) is 7.57.